The van der Waals surface area contributed by atoms with E-state index in [-0.39, 0.29) is 0 Å². The first-order valence-electron chi connectivity index (χ1n) is 7.63. The van der Waals surface area contributed by atoms with Crippen molar-refractivity contribution < 1.29 is 4.11 Å². The number of para-hydroxylation sites is 3. The van der Waals surface area contributed by atoms with Gasteiger partial charge in [0.2, 0.25) is 0 Å². The molecule has 3 aromatic carbocycles. The molecule has 0 aliphatic heterocycles. The lowest BCUT2D eigenvalue weighted by molar-refractivity contribution is 1.28. The molecule has 92 valence electrons. The number of benzene rings is 3. The van der Waals surface area contributed by atoms with Crippen LogP contribution in [0.3, 0.4) is 0 Å². The average Bonchev–Trinajstić information content (AvgIpc) is 2.53. The average molecular weight is 248 g/mol. The maximum absolute atomic E-state index is 7.63. The lowest BCUT2D eigenvalue weighted by Crippen LogP contribution is -2.09. The smallest absolute Gasteiger partial charge is 0.0623 e. The van der Waals surface area contributed by atoms with Gasteiger partial charge in [-0.1, -0.05) is 54.5 Å². The van der Waals surface area contributed by atoms with E-state index >= 15 is 0 Å². The van der Waals surface area contributed by atoms with Gasteiger partial charge in [0.25, 0.3) is 0 Å². The fraction of sp³-hybridized carbons (Fsp3) is 0. The summed E-state index contributed by atoms with van der Waals surface area (Å²) in [4.78, 5) is 2.04. The van der Waals surface area contributed by atoms with Crippen LogP contribution in [0, 0.1) is 0 Å². The summed E-state index contributed by atoms with van der Waals surface area (Å²) in [6, 6.07) is 23.3. The zero-order chi connectivity index (χ0) is 15.5. The Kier molecular flexibility index (Phi) is 2.43. The van der Waals surface area contributed by atoms with Crippen molar-refractivity contribution in [2.75, 3.05) is 4.90 Å². The SMILES string of the molecule is [2H]c1ccc(N(c2ccc([2H])cc2)c2ccc([2H])cc2)cc1. The largest absolute Gasteiger partial charge is 0.311 e. The molecule has 0 saturated carbocycles. The van der Waals surface area contributed by atoms with Gasteiger partial charge in [0.15, 0.2) is 0 Å². The Hall–Kier alpha value is -2.54. The number of hydrogen-bond donors (Lipinski definition) is 0. The van der Waals surface area contributed by atoms with Crippen molar-refractivity contribution in [2.45, 2.75) is 0 Å². The molecule has 0 N–H and O–H groups in total. The maximum Gasteiger partial charge on any atom is 0.0623 e. The number of nitrogens with zero attached hydrogens (tertiary/aromatic N) is 1. The number of anilines is 3. The highest BCUT2D eigenvalue weighted by molar-refractivity contribution is 5.76. The quantitative estimate of drug-likeness (QED) is 0.619. The molecule has 1 heteroatoms. The van der Waals surface area contributed by atoms with Gasteiger partial charge in [-0.05, 0) is 36.4 Å². The maximum atomic E-state index is 7.63. The van der Waals surface area contributed by atoms with Crippen molar-refractivity contribution in [2.24, 2.45) is 0 Å². The third kappa shape index (κ3) is 2.50. The van der Waals surface area contributed by atoms with Crippen LogP contribution in [-0.2, 0) is 0 Å². The molecule has 0 bridgehead atoms. The molecule has 3 aromatic rings. The summed E-state index contributed by atoms with van der Waals surface area (Å²) in [7, 11) is 0. The van der Waals surface area contributed by atoms with Crippen molar-refractivity contribution >= 4 is 17.1 Å². The molecule has 19 heavy (non-hydrogen) atoms. The number of hydrogen-bond acceptors (Lipinski definition) is 1. The Balaban J connectivity index is 2.10. The summed E-state index contributed by atoms with van der Waals surface area (Å²) in [6.45, 7) is 0. The molecule has 0 fully saturated rings. The van der Waals surface area contributed by atoms with Gasteiger partial charge in [-0.25, -0.2) is 0 Å². The second kappa shape index (κ2) is 5.40. The van der Waals surface area contributed by atoms with E-state index in [1.165, 1.54) is 0 Å². The summed E-state index contributed by atoms with van der Waals surface area (Å²) < 4.78 is 22.9. The lowest BCUT2D eigenvalue weighted by Gasteiger charge is -2.25. The highest BCUT2D eigenvalue weighted by Crippen LogP contribution is 2.33. The molecule has 0 saturated heterocycles. The number of rotatable bonds is 3. The Labute approximate surface area is 118 Å². The van der Waals surface area contributed by atoms with Crippen LogP contribution in [0.1, 0.15) is 4.11 Å². The van der Waals surface area contributed by atoms with E-state index in [9.17, 15) is 0 Å². The Morgan fingerprint density at radius 2 is 0.789 bits per heavy atom. The Morgan fingerprint density at radius 1 is 0.526 bits per heavy atom. The van der Waals surface area contributed by atoms with Gasteiger partial charge in [-0.2, -0.15) is 0 Å². The fourth-order valence-corrected chi connectivity index (χ4v) is 2.03. The van der Waals surface area contributed by atoms with Crippen molar-refractivity contribution in [3.63, 3.8) is 0 Å². The molecule has 0 unspecified atom stereocenters. The summed E-state index contributed by atoms with van der Waals surface area (Å²) >= 11 is 0. The first-order chi connectivity index (χ1) is 10.6. The zero-order valence-corrected chi connectivity index (χ0v) is 10.4. The third-order valence-electron chi connectivity index (χ3n) is 2.88. The van der Waals surface area contributed by atoms with E-state index < -0.39 is 0 Å². The molecule has 0 aromatic heterocycles. The minimum Gasteiger partial charge on any atom is -0.311 e. The standard InChI is InChI=1S/C18H15N/c1-4-10-16(11-5-1)19(17-12-6-2-7-13-17)18-14-8-3-9-15-18/h1-15H/i1D,2D,3D. The normalized spacial score (nSPS) is 12.3. The van der Waals surface area contributed by atoms with Crippen LogP contribution in [0.25, 0.3) is 0 Å². The van der Waals surface area contributed by atoms with Gasteiger partial charge in [-0.3, -0.25) is 0 Å². The van der Waals surface area contributed by atoms with Gasteiger partial charge in [-0.15, -0.1) is 0 Å². The molecule has 0 radical (unpaired) electrons. The minimum absolute atomic E-state index is 0.465. The molecule has 0 aliphatic carbocycles. The lowest BCUT2D eigenvalue weighted by atomic mass is 10.2. The topological polar surface area (TPSA) is 3.24 Å². The van der Waals surface area contributed by atoms with E-state index in [1.807, 2.05) is 41.3 Å². The molecule has 0 amide bonds. The van der Waals surface area contributed by atoms with Crippen LogP contribution in [0.2, 0.25) is 0 Å². The second-order valence-electron chi connectivity index (χ2n) is 4.11. The first kappa shape index (κ1) is 8.54. The van der Waals surface area contributed by atoms with Crippen LogP contribution in [0.15, 0.2) is 90.9 Å². The van der Waals surface area contributed by atoms with Gasteiger partial charge >= 0.3 is 0 Å². The van der Waals surface area contributed by atoms with Gasteiger partial charge in [0, 0.05) is 17.1 Å². The molecule has 0 aliphatic rings. The highest BCUT2D eigenvalue weighted by Gasteiger charge is 2.10. The van der Waals surface area contributed by atoms with E-state index in [4.69, 9.17) is 4.11 Å². The van der Waals surface area contributed by atoms with Crippen molar-refractivity contribution in [3.8, 4) is 0 Å². The second-order valence-corrected chi connectivity index (χ2v) is 4.11. The Bertz CT molecular complexity index is 642. The third-order valence-corrected chi connectivity index (χ3v) is 2.88. The summed E-state index contributed by atoms with van der Waals surface area (Å²) in [5.74, 6) is 0. The predicted octanol–water partition coefficient (Wildman–Crippen LogP) is 5.16. The molecule has 0 atom stereocenters. The van der Waals surface area contributed by atoms with Crippen molar-refractivity contribution in [3.05, 3.63) is 90.9 Å². The molecule has 1 nitrogen and oxygen atoms in total. The van der Waals surface area contributed by atoms with Crippen LogP contribution >= 0.6 is 0 Å². The molecule has 3 rings (SSSR count). The first-order valence-corrected chi connectivity index (χ1v) is 6.13. The monoisotopic (exact) mass is 248 g/mol. The molecule has 0 spiro atoms. The van der Waals surface area contributed by atoms with Gasteiger partial charge in [0.1, 0.15) is 0 Å². The van der Waals surface area contributed by atoms with E-state index in [0.717, 1.165) is 17.1 Å². The van der Waals surface area contributed by atoms with Crippen LogP contribution < -0.4 is 4.90 Å². The summed E-state index contributed by atoms with van der Waals surface area (Å²) in [6.07, 6.45) is 0. The molecule has 0 heterocycles. The van der Waals surface area contributed by atoms with Crippen molar-refractivity contribution in [1.29, 1.82) is 0 Å². The van der Waals surface area contributed by atoms with E-state index in [2.05, 4.69) is 0 Å². The molecular weight excluding hydrogens is 230 g/mol. The van der Waals surface area contributed by atoms with Crippen LogP contribution in [0.4, 0.5) is 17.1 Å². The van der Waals surface area contributed by atoms with Gasteiger partial charge < -0.3 is 4.90 Å². The van der Waals surface area contributed by atoms with Crippen LogP contribution in [-0.4, -0.2) is 0 Å². The fourth-order valence-electron chi connectivity index (χ4n) is 2.03. The van der Waals surface area contributed by atoms with Crippen molar-refractivity contribution in [1.82, 2.24) is 0 Å². The summed E-state index contributed by atoms with van der Waals surface area (Å²) in [5.41, 5.74) is 2.81. The summed E-state index contributed by atoms with van der Waals surface area (Å²) in [5, 5.41) is 0. The van der Waals surface area contributed by atoms with E-state index in [0.29, 0.717) is 18.1 Å². The molecular formula is C18H15N. The van der Waals surface area contributed by atoms with Crippen LogP contribution in [0.5, 0.6) is 0 Å². The predicted molar refractivity (Wildman–Crippen MR) is 81.1 cm³/mol. The van der Waals surface area contributed by atoms with Gasteiger partial charge in [0.05, 0.1) is 4.11 Å². The highest BCUT2D eigenvalue weighted by atomic mass is 15.1. The zero-order valence-electron chi connectivity index (χ0n) is 13.4. The Morgan fingerprint density at radius 3 is 1.05 bits per heavy atom. The minimum atomic E-state index is 0.465. The van der Waals surface area contributed by atoms with E-state index in [1.54, 1.807) is 36.4 Å².